The Morgan fingerprint density at radius 1 is 1.43 bits per heavy atom. The summed E-state index contributed by atoms with van der Waals surface area (Å²) in [6.07, 6.45) is 2.40. The molecular weight excluding hydrogens is 310 g/mol. The van der Waals surface area contributed by atoms with Gasteiger partial charge in [0.2, 0.25) is 5.91 Å². The smallest absolute Gasteiger partial charge is 0.237 e. The normalized spacial score (nSPS) is 24.7. The molecule has 1 N–H and O–H groups in total. The Morgan fingerprint density at radius 2 is 2.26 bits per heavy atom. The average molecular weight is 337 g/mol. The van der Waals surface area contributed by atoms with Crippen molar-refractivity contribution in [3.8, 4) is 0 Å². The van der Waals surface area contributed by atoms with Crippen LogP contribution in [0.4, 0.5) is 0 Å². The van der Waals surface area contributed by atoms with Gasteiger partial charge in [-0.1, -0.05) is 6.07 Å². The molecule has 1 aromatic rings. The molecule has 23 heavy (non-hydrogen) atoms. The van der Waals surface area contributed by atoms with Crippen LogP contribution in [0.1, 0.15) is 24.6 Å². The van der Waals surface area contributed by atoms with Gasteiger partial charge in [-0.15, -0.1) is 11.3 Å². The van der Waals surface area contributed by atoms with Crippen LogP contribution in [0.25, 0.3) is 0 Å². The lowest BCUT2D eigenvalue weighted by Gasteiger charge is -2.37. The van der Waals surface area contributed by atoms with Gasteiger partial charge >= 0.3 is 0 Å². The van der Waals surface area contributed by atoms with Gasteiger partial charge < -0.3 is 10.1 Å². The summed E-state index contributed by atoms with van der Waals surface area (Å²) in [5.74, 6) is 0.132. The van der Waals surface area contributed by atoms with E-state index in [-0.39, 0.29) is 18.1 Å². The Kier molecular flexibility index (Phi) is 6.05. The highest BCUT2D eigenvalue weighted by Gasteiger charge is 2.26. The van der Waals surface area contributed by atoms with Crippen molar-refractivity contribution in [2.45, 2.75) is 38.5 Å². The predicted octanol–water partition coefficient (Wildman–Crippen LogP) is 1.55. The van der Waals surface area contributed by atoms with Gasteiger partial charge in [-0.3, -0.25) is 14.6 Å². The van der Waals surface area contributed by atoms with Crippen LogP contribution in [-0.2, 0) is 16.1 Å². The van der Waals surface area contributed by atoms with Gasteiger partial charge in [-0.05, 0) is 31.2 Å². The second-order valence-corrected chi connectivity index (χ2v) is 7.48. The maximum absolute atomic E-state index is 12.3. The van der Waals surface area contributed by atoms with Crippen LogP contribution in [-0.4, -0.2) is 67.2 Å². The molecule has 6 heteroatoms. The molecule has 0 bridgehead atoms. The van der Waals surface area contributed by atoms with Crippen molar-refractivity contribution in [1.29, 1.82) is 0 Å². The Balaban J connectivity index is 1.38. The highest BCUT2D eigenvalue weighted by Crippen LogP contribution is 2.15. The van der Waals surface area contributed by atoms with Gasteiger partial charge in [0.05, 0.1) is 12.1 Å². The standard InChI is InChI=1S/C17H27N3O2S/c1-14(17(21)18-12-15-4-2-10-22-15)20-8-6-19(7-9-20)13-16-5-3-11-23-16/h3,5,11,14-15H,2,4,6-10,12-13H2,1H3,(H,18,21). The lowest BCUT2D eigenvalue weighted by atomic mass is 10.2. The van der Waals surface area contributed by atoms with Crippen LogP contribution in [0, 0.1) is 0 Å². The lowest BCUT2D eigenvalue weighted by Crippen LogP contribution is -2.54. The zero-order chi connectivity index (χ0) is 16.1. The highest BCUT2D eigenvalue weighted by molar-refractivity contribution is 7.09. The second kappa shape index (κ2) is 8.24. The fraction of sp³-hybridized carbons (Fsp3) is 0.706. The third kappa shape index (κ3) is 4.76. The minimum absolute atomic E-state index is 0.0553. The van der Waals surface area contributed by atoms with E-state index in [2.05, 4.69) is 32.6 Å². The summed E-state index contributed by atoms with van der Waals surface area (Å²) in [6, 6.07) is 4.25. The number of nitrogens with one attached hydrogen (secondary N) is 1. The molecule has 1 aromatic heterocycles. The summed E-state index contributed by atoms with van der Waals surface area (Å²) in [5.41, 5.74) is 0. The molecule has 0 aliphatic carbocycles. The van der Waals surface area contributed by atoms with E-state index >= 15 is 0 Å². The molecule has 128 valence electrons. The zero-order valence-electron chi connectivity index (χ0n) is 13.9. The predicted molar refractivity (Wildman–Crippen MR) is 92.6 cm³/mol. The number of piperazine rings is 1. The first-order valence-corrected chi connectivity index (χ1v) is 9.48. The molecule has 3 rings (SSSR count). The molecule has 2 aliphatic heterocycles. The SMILES string of the molecule is CC(C(=O)NCC1CCCO1)N1CCN(Cc2cccs2)CC1. The van der Waals surface area contributed by atoms with Crippen LogP contribution in [0.2, 0.25) is 0 Å². The third-order valence-corrected chi connectivity index (χ3v) is 5.68. The largest absolute Gasteiger partial charge is 0.376 e. The topological polar surface area (TPSA) is 44.8 Å². The van der Waals surface area contributed by atoms with Gasteiger partial charge in [-0.2, -0.15) is 0 Å². The van der Waals surface area contributed by atoms with Crippen molar-refractivity contribution >= 4 is 17.2 Å². The van der Waals surface area contributed by atoms with Gasteiger partial charge in [0, 0.05) is 50.8 Å². The first-order valence-electron chi connectivity index (χ1n) is 8.60. The number of amides is 1. The summed E-state index contributed by atoms with van der Waals surface area (Å²) < 4.78 is 5.56. The fourth-order valence-electron chi connectivity index (χ4n) is 3.26. The van der Waals surface area contributed by atoms with Gasteiger partial charge in [0.25, 0.3) is 0 Å². The summed E-state index contributed by atoms with van der Waals surface area (Å²) in [7, 11) is 0. The Bertz CT molecular complexity index is 480. The molecule has 1 amide bonds. The number of ether oxygens (including phenoxy) is 1. The second-order valence-electron chi connectivity index (χ2n) is 6.45. The summed E-state index contributed by atoms with van der Waals surface area (Å²) in [5, 5.41) is 5.18. The summed E-state index contributed by atoms with van der Waals surface area (Å²) in [4.78, 5) is 18.5. The molecular formula is C17H27N3O2S. The van der Waals surface area contributed by atoms with Crippen LogP contribution in [0.5, 0.6) is 0 Å². The molecule has 0 aromatic carbocycles. The molecule has 2 fully saturated rings. The van der Waals surface area contributed by atoms with E-state index in [0.717, 1.165) is 52.2 Å². The average Bonchev–Trinajstić information content (AvgIpc) is 3.26. The molecule has 2 saturated heterocycles. The Hall–Kier alpha value is -0.950. The van der Waals surface area contributed by atoms with Crippen molar-refractivity contribution < 1.29 is 9.53 Å². The number of thiophene rings is 1. The maximum Gasteiger partial charge on any atom is 0.237 e. The molecule has 2 unspecified atom stereocenters. The highest BCUT2D eigenvalue weighted by atomic mass is 32.1. The van der Waals surface area contributed by atoms with Crippen molar-refractivity contribution in [3.05, 3.63) is 22.4 Å². The third-order valence-electron chi connectivity index (χ3n) is 4.82. The van der Waals surface area contributed by atoms with Gasteiger partial charge in [0.1, 0.15) is 0 Å². The summed E-state index contributed by atoms with van der Waals surface area (Å²) in [6.45, 7) is 8.51. The number of carbonyl (C=O) groups excluding carboxylic acids is 1. The van der Waals surface area contributed by atoms with Crippen molar-refractivity contribution in [2.24, 2.45) is 0 Å². The van der Waals surface area contributed by atoms with Crippen molar-refractivity contribution in [3.63, 3.8) is 0 Å². The van der Waals surface area contributed by atoms with Gasteiger partial charge in [0.15, 0.2) is 0 Å². The van der Waals surface area contributed by atoms with E-state index < -0.39 is 0 Å². The molecule has 0 spiro atoms. The van der Waals surface area contributed by atoms with Crippen LogP contribution in [0.3, 0.4) is 0 Å². The number of rotatable bonds is 6. The minimum Gasteiger partial charge on any atom is -0.376 e. The number of nitrogens with zero attached hydrogens (tertiary/aromatic N) is 2. The van der Waals surface area contributed by atoms with Gasteiger partial charge in [-0.25, -0.2) is 0 Å². The minimum atomic E-state index is -0.0553. The monoisotopic (exact) mass is 337 g/mol. The molecule has 0 saturated carbocycles. The quantitative estimate of drug-likeness (QED) is 0.855. The first-order chi connectivity index (χ1) is 11.2. The van der Waals surface area contributed by atoms with E-state index in [4.69, 9.17) is 4.74 Å². The van der Waals surface area contributed by atoms with E-state index in [0.29, 0.717) is 6.54 Å². The van der Waals surface area contributed by atoms with E-state index in [9.17, 15) is 4.79 Å². The Morgan fingerprint density at radius 3 is 2.91 bits per heavy atom. The molecule has 3 heterocycles. The van der Waals surface area contributed by atoms with Crippen LogP contribution in [0.15, 0.2) is 17.5 Å². The summed E-state index contributed by atoms with van der Waals surface area (Å²) >= 11 is 1.82. The van der Waals surface area contributed by atoms with Crippen LogP contribution < -0.4 is 5.32 Å². The van der Waals surface area contributed by atoms with E-state index in [1.54, 1.807) is 0 Å². The first kappa shape index (κ1) is 16.9. The zero-order valence-corrected chi connectivity index (χ0v) is 14.7. The lowest BCUT2D eigenvalue weighted by molar-refractivity contribution is -0.127. The Labute approximate surface area is 142 Å². The number of carbonyl (C=O) groups is 1. The maximum atomic E-state index is 12.3. The van der Waals surface area contributed by atoms with E-state index in [1.165, 1.54) is 4.88 Å². The molecule has 2 atom stereocenters. The fourth-order valence-corrected chi connectivity index (χ4v) is 4.01. The molecule has 2 aliphatic rings. The van der Waals surface area contributed by atoms with Crippen molar-refractivity contribution in [1.82, 2.24) is 15.1 Å². The van der Waals surface area contributed by atoms with Crippen LogP contribution >= 0.6 is 11.3 Å². The molecule has 5 nitrogen and oxygen atoms in total. The number of hydrogen-bond acceptors (Lipinski definition) is 5. The van der Waals surface area contributed by atoms with E-state index in [1.807, 2.05) is 18.3 Å². The molecule has 0 radical (unpaired) electrons. The van der Waals surface area contributed by atoms with Crippen molar-refractivity contribution in [2.75, 3.05) is 39.3 Å². The number of hydrogen-bond donors (Lipinski definition) is 1.